The maximum absolute atomic E-state index is 11.1. The van der Waals surface area contributed by atoms with Crippen molar-refractivity contribution in [2.75, 3.05) is 0 Å². The van der Waals surface area contributed by atoms with Crippen LogP contribution in [0.15, 0.2) is 0 Å². The van der Waals surface area contributed by atoms with Gasteiger partial charge in [-0.3, -0.25) is 0 Å². The van der Waals surface area contributed by atoms with Crippen LogP contribution in [-0.4, -0.2) is 141 Å². The third-order valence-electron chi connectivity index (χ3n) is 3.03. The summed E-state index contributed by atoms with van der Waals surface area (Å²) in [5.41, 5.74) is 0.0124. The van der Waals surface area contributed by atoms with E-state index in [4.69, 9.17) is 61.9 Å². The van der Waals surface area contributed by atoms with Crippen LogP contribution in [0.2, 0.25) is 0 Å². The predicted molar refractivity (Wildman–Crippen MR) is 131 cm³/mol. The third kappa shape index (κ3) is 12.1. The molecule has 0 bridgehead atoms. The van der Waals surface area contributed by atoms with Crippen LogP contribution in [0.25, 0.3) is 0 Å². The van der Waals surface area contributed by atoms with Gasteiger partial charge in [0.25, 0.3) is 0 Å². The van der Waals surface area contributed by atoms with Crippen LogP contribution in [0.5, 0.6) is 0 Å². The summed E-state index contributed by atoms with van der Waals surface area (Å²) in [7, 11) is 44.0. The quantitative estimate of drug-likeness (QED) is 0.317. The van der Waals surface area contributed by atoms with Crippen LogP contribution < -0.4 is 0 Å². The Morgan fingerprint density at radius 3 is 1.38 bits per heavy atom. The van der Waals surface area contributed by atoms with E-state index in [0.717, 1.165) is 0 Å². The molecule has 0 aliphatic heterocycles. The fourth-order valence-corrected chi connectivity index (χ4v) is 1.44. The molecular weight excluding hydrogens is 352 g/mol. The Balaban J connectivity index is -0.000000354. The molecule has 0 aromatic heterocycles. The minimum atomic E-state index is -1.43. The number of hydrogen-bond acceptors (Lipinski definition) is 2. The first-order valence-corrected chi connectivity index (χ1v) is 6.60. The van der Waals surface area contributed by atoms with Gasteiger partial charge in [0.15, 0.2) is 0 Å². The van der Waals surface area contributed by atoms with Crippen LogP contribution in [-0.2, 0) is 42.3 Å². The molecule has 0 aromatic rings. The second-order valence-electron chi connectivity index (χ2n) is 4.91. The minimum absolute atomic E-state index is 0. The van der Waals surface area contributed by atoms with Gasteiger partial charge in [0.05, 0.1) is 12.2 Å². The Morgan fingerprint density at radius 2 is 1.29 bits per heavy atom. The molecule has 0 aromatic carbocycles. The normalized spacial score (nSPS) is 9.04. The summed E-state index contributed by atoms with van der Waals surface area (Å²) in [5.74, 6) is 0. The number of hydrogen-bond donors (Lipinski definition) is 0. The Bertz CT molecular complexity index is 347. The zero-order valence-electron chi connectivity index (χ0n) is 12.9. The van der Waals surface area contributed by atoms with E-state index in [1.165, 1.54) is 6.92 Å². The van der Waals surface area contributed by atoms with E-state index in [1.807, 2.05) is 0 Å². The van der Waals surface area contributed by atoms with E-state index in [-0.39, 0.29) is 73.1 Å². The van der Waals surface area contributed by atoms with Gasteiger partial charge < -0.3 is 15.8 Å². The average molecular weight is 363 g/mol. The summed E-state index contributed by atoms with van der Waals surface area (Å²) in [6.07, 6.45) is -2.07. The monoisotopic (exact) mass is 366 g/mol. The molecular formula is C3H11B18O2Y-5. The predicted octanol–water partition coefficient (Wildman–Crippen LogP) is -9.31. The fourth-order valence-electron chi connectivity index (χ4n) is 1.44. The summed E-state index contributed by atoms with van der Waals surface area (Å²) in [5, 5.41) is 0. The van der Waals surface area contributed by atoms with Crippen LogP contribution in [0.1, 0.15) is 6.92 Å². The molecule has 24 heavy (non-hydrogen) atoms. The van der Waals surface area contributed by atoms with Gasteiger partial charge in [-0.1, -0.05) is 15.5 Å². The smallest absolute Gasteiger partial charge is 0.0658 e. The second kappa shape index (κ2) is 15.6. The Kier molecular flexibility index (Phi) is 19.8. The molecule has 0 saturated heterocycles. The first kappa shape index (κ1) is 30.3. The summed E-state index contributed by atoms with van der Waals surface area (Å²) < 4.78 is 0. The summed E-state index contributed by atoms with van der Waals surface area (Å²) in [6, 6.07) is 0. The van der Waals surface area contributed by atoms with Gasteiger partial charge in [0.2, 0.25) is 0 Å². The zero-order chi connectivity index (χ0) is 18.9. The van der Waals surface area contributed by atoms with Gasteiger partial charge in [-0.2, -0.15) is 19.3 Å². The topological polar surface area (TPSA) is 34.1 Å². The summed E-state index contributed by atoms with van der Waals surface area (Å²) >= 11 is 0. The number of carbonyl (C=O) groups excluding carboxylic acids is 2. The molecule has 0 fully saturated rings. The van der Waals surface area contributed by atoms with Crippen LogP contribution >= 0.6 is 0 Å². The first-order valence-electron chi connectivity index (χ1n) is 6.60. The summed E-state index contributed by atoms with van der Waals surface area (Å²) in [6.45, 7) is 0.749. The third-order valence-corrected chi connectivity index (χ3v) is 3.03. The maximum atomic E-state index is 11.1. The molecule has 21 heteroatoms. The van der Waals surface area contributed by atoms with Crippen molar-refractivity contribution in [1.29, 1.82) is 0 Å². The van der Waals surface area contributed by atoms with Crippen molar-refractivity contribution in [1.82, 2.24) is 0 Å². The molecule has 0 unspecified atom stereocenters. The van der Waals surface area contributed by atoms with Crippen molar-refractivity contribution in [3.63, 3.8) is 0 Å². The number of carbonyl (C=O) groups is 1. The van der Waals surface area contributed by atoms with E-state index in [2.05, 4.69) is 0 Å². The van der Waals surface area contributed by atoms with E-state index in [1.54, 1.807) is 6.19 Å². The van der Waals surface area contributed by atoms with Crippen molar-refractivity contribution >= 4 is 141 Å². The largest absolute Gasteiger partial charge is 0.549 e. The molecule has 0 heterocycles. The molecule has 97 valence electrons. The van der Waals surface area contributed by atoms with Crippen molar-refractivity contribution in [3.05, 3.63) is 0 Å². The Hall–Kier alpha value is 1.61. The van der Waals surface area contributed by atoms with Gasteiger partial charge >= 0.3 is 0 Å². The SMILES string of the molecule is [B]B([BH3-])B(B([B])[BH-]([B])[B])C(C)=O.[B]B([BH3-])B([C-]=O)B([B])[BH-]([B])[B].[Y]. The molecule has 0 atom stereocenters. The van der Waals surface area contributed by atoms with E-state index in [9.17, 15) is 9.59 Å². The second-order valence-corrected chi connectivity index (χ2v) is 4.91. The van der Waals surface area contributed by atoms with Crippen LogP contribution in [0, 0.1) is 0 Å². The standard InChI is InChI=1S/C2H7B9O.CH4B9O.Y/c1-2(12)8(9(3)4)11(7)10(5)6;2-8(3)7(1-11)10(6)9(4)5;/h10H,1,3H3;9H,2H3;/q-2;-3;. The zero-order valence-corrected chi connectivity index (χ0v) is 15.7. The van der Waals surface area contributed by atoms with Gasteiger partial charge in [0, 0.05) is 32.7 Å². The molecule has 0 N–H and O–H groups in total. The minimum Gasteiger partial charge on any atom is -0.549 e. The molecule has 17 radical (unpaired) electrons. The van der Waals surface area contributed by atoms with E-state index >= 15 is 0 Å². The van der Waals surface area contributed by atoms with Gasteiger partial charge in [-0.05, 0) is 37.9 Å². The Morgan fingerprint density at radius 1 is 0.917 bits per heavy atom. The van der Waals surface area contributed by atoms with Crippen molar-refractivity contribution in [2.45, 2.75) is 6.92 Å². The Labute approximate surface area is 188 Å². The molecule has 0 aliphatic rings. The number of rotatable bonds is 8. The van der Waals surface area contributed by atoms with E-state index in [0.29, 0.717) is 0 Å². The van der Waals surface area contributed by atoms with Crippen LogP contribution in [0.3, 0.4) is 0 Å². The molecule has 0 amide bonds. The molecule has 0 rings (SSSR count). The van der Waals surface area contributed by atoms with Crippen molar-refractivity contribution in [3.8, 4) is 0 Å². The summed E-state index contributed by atoms with van der Waals surface area (Å²) in [4.78, 5) is 21.5. The van der Waals surface area contributed by atoms with Crippen LogP contribution in [0.4, 0.5) is 0 Å². The molecule has 0 spiro atoms. The van der Waals surface area contributed by atoms with Gasteiger partial charge in [-0.15, -0.1) is 25.5 Å². The maximum Gasteiger partial charge on any atom is 0.0658 e. The molecule has 2 nitrogen and oxygen atoms in total. The molecule has 0 saturated carbocycles. The van der Waals surface area contributed by atoms with Crippen molar-refractivity contribution in [2.24, 2.45) is 0 Å². The average Bonchev–Trinajstić information content (AvgIpc) is 2.38. The first-order chi connectivity index (χ1) is 10.4. The molecule has 0 aliphatic carbocycles. The van der Waals surface area contributed by atoms with E-state index < -0.39 is 32.0 Å². The van der Waals surface area contributed by atoms with Gasteiger partial charge in [-0.25, -0.2) is 30.9 Å². The van der Waals surface area contributed by atoms with Crippen molar-refractivity contribution < 1.29 is 42.3 Å². The fraction of sp³-hybridized carbons (Fsp3) is 0.333. The van der Waals surface area contributed by atoms with Gasteiger partial charge in [0.1, 0.15) is 0 Å².